The highest BCUT2D eigenvalue weighted by Crippen LogP contribution is 2.19. The molecular weight excluding hydrogens is 504 g/mol. The van der Waals surface area contributed by atoms with E-state index in [1.165, 1.54) is 11.0 Å². The number of aliphatic hydroxyl groups excluding tert-OH is 1. The number of amides is 2. The predicted octanol–water partition coefficient (Wildman–Crippen LogP) is 3.35. The van der Waals surface area contributed by atoms with Crippen LogP contribution in [0.5, 0.6) is 5.75 Å². The molecule has 3 aromatic carbocycles. The number of rotatable bonds is 14. The minimum atomic E-state index is -0.858. The molecule has 0 unspecified atom stereocenters. The Morgan fingerprint density at radius 1 is 0.950 bits per heavy atom. The summed E-state index contributed by atoms with van der Waals surface area (Å²) in [5.41, 5.74) is 3.13. The third-order valence-electron chi connectivity index (χ3n) is 6.38. The number of hydrogen-bond donors (Lipinski definition) is 4. The Labute approximate surface area is 236 Å². The molecule has 210 valence electrons. The normalized spacial score (nSPS) is 12.2. The fourth-order valence-corrected chi connectivity index (χ4v) is 4.05. The molecule has 0 heterocycles. The summed E-state index contributed by atoms with van der Waals surface area (Å²) in [6.07, 6.45) is 4.41. The van der Waals surface area contributed by atoms with Crippen LogP contribution in [-0.2, 0) is 19.5 Å². The molecule has 0 spiro atoms. The van der Waals surface area contributed by atoms with Crippen molar-refractivity contribution < 1.29 is 19.4 Å². The van der Waals surface area contributed by atoms with Crippen LogP contribution in [0.2, 0.25) is 0 Å². The van der Waals surface area contributed by atoms with E-state index >= 15 is 0 Å². The molecule has 0 aliphatic rings. The first-order valence-corrected chi connectivity index (χ1v) is 13.4. The standard InChI is InChI=1S/C32H38N4O4/c1-4-16-33-22-26-17-27(20-28(18-26)40-32(39)36(3)5-2)31(38)35-29(19-24-12-8-6-9-13-24)30(37)23-34-21-25-14-10-7-11-15-25/h1,6-15,17-18,20,29-30,33-34,37H,5,16,19,21-23H2,2-3H3,(H,35,38)/t29-,30-/m0/s1. The van der Waals surface area contributed by atoms with Crippen molar-refractivity contribution in [3.8, 4) is 18.1 Å². The zero-order valence-corrected chi connectivity index (χ0v) is 23.1. The van der Waals surface area contributed by atoms with Gasteiger partial charge in [0.1, 0.15) is 5.75 Å². The average Bonchev–Trinajstić information content (AvgIpc) is 2.97. The van der Waals surface area contributed by atoms with Crippen molar-refractivity contribution in [3.63, 3.8) is 0 Å². The average molecular weight is 543 g/mol. The third-order valence-corrected chi connectivity index (χ3v) is 6.38. The van der Waals surface area contributed by atoms with Gasteiger partial charge in [0, 0.05) is 38.8 Å². The van der Waals surface area contributed by atoms with Crippen molar-refractivity contribution in [2.24, 2.45) is 0 Å². The summed E-state index contributed by atoms with van der Waals surface area (Å²) < 4.78 is 5.53. The van der Waals surface area contributed by atoms with Gasteiger partial charge in [0.2, 0.25) is 0 Å². The van der Waals surface area contributed by atoms with Gasteiger partial charge in [-0.15, -0.1) is 6.42 Å². The number of nitrogens with one attached hydrogen (secondary N) is 3. The lowest BCUT2D eigenvalue weighted by molar-refractivity contribution is 0.0829. The molecule has 4 N–H and O–H groups in total. The van der Waals surface area contributed by atoms with Gasteiger partial charge in [-0.2, -0.15) is 0 Å². The van der Waals surface area contributed by atoms with E-state index in [0.29, 0.717) is 38.2 Å². The molecule has 8 nitrogen and oxygen atoms in total. The van der Waals surface area contributed by atoms with E-state index < -0.39 is 18.2 Å². The van der Waals surface area contributed by atoms with Gasteiger partial charge in [-0.25, -0.2) is 4.79 Å². The van der Waals surface area contributed by atoms with Crippen LogP contribution >= 0.6 is 0 Å². The molecule has 0 saturated carbocycles. The molecule has 0 saturated heterocycles. The first-order chi connectivity index (χ1) is 19.4. The van der Waals surface area contributed by atoms with Crippen LogP contribution in [-0.4, -0.2) is 60.8 Å². The van der Waals surface area contributed by atoms with E-state index in [9.17, 15) is 14.7 Å². The van der Waals surface area contributed by atoms with Gasteiger partial charge in [-0.05, 0) is 48.2 Å². The highest BCUT2D eigenvalue weighted by Gasteiger charge is 2.23. The van der Waals surface area contributed by atoms with Crippen LogP contribution < -0.4 is 20.7 Å². The van der Waals surface area contributed by atoms with Gasteiger partial charge >= 0.3 is 6.09 Å². The minimum Gasteiger partial charge on any atom is -0.410 e. The maximum atomic E-state index is 13.5. The smallest absolute Gasteiger partial charge is 0.410 e. The molecule has 40 heavy (non-hydrogen) atoms. The quantitative estimate of drug-likeness (QED) is 0.184. The first kappa shape index (κ1) is 30.4. The lowest BCUT2D eigenvalue weighted by atomic mass is 10.00. The van der Waals surface area contributed by atoms with Crippen molar-refractivity contribution in [2.45, 2.75) is 38.6 Å². The van der Waals surface area contributed by atoms with Crippen molar-refractivity contribution >= 4 is 12.0 Å². The van der Waals surface area contributed by atoms with Crippen LogP contribution in [0.15, 0.2) is 78.9 Å². The number of carbonyl (C=O) groups is 2. The largest absolute Gasteiger partial charge is 0.414 e. The molecule has 0 aliphatic carbocycles. The highest BCUT2D eigenvalue weighted by atomic mass is 16.6. The molecular formula is C32H38N4O4. The second-order valence-corrected chi connectivity index (χ2v) is 9.51. The lowest BCUT2D eigenvalue weighted by Crippen LogP contribution is -2.48. The second kappa shape index (κ2) is 16.1. The number of benzene rings is 3. The number of hydrogen-bond acceptors (Lipinski definition) is 6. The van der Waals surface area contributed by atoms with Crippen LogP contribution in [0.25, 0.3) is 0 Å². The molecule has 0 radical (unpaired) electrons. The predicted molar refractivity (Wildman–Crippen MR) is 157 cm³/mol. The maximum absolute atomic E-state index is 13.5. The van der Waals surface area contributed by atoms with Gasteiger partial charge in [-0.1, -0.05) is 66.6 Å². The minimum absolute atomic E-state index is 0.250. The van der Waals surface area contributed by atoms with E-state index in [0.717, 1.165) is 16.7 Å². The lowest BCUT2D eigenvalue weighted by Gasteiger charge is -2.25. The topological polar surface area (TPSA) is 103 Å². The summed E-state index contributed by atoms with van der Waals surface area (Å²) in [5.74, 6) is 2.38. The van der Waals surface area contributed by atoms with Crippen molar-refractivity contribution in [3.05, 3.63) is 101 Å². The van der Waals surface area contributed by atoms with Crippen LogP contribution in [0.3, 0.4) is 0 Å². The maximum Gasteiger partial charge on any atom is 0.414 e. The number of aliphatic hydroxyl groups is 1. The Morgan fingerprint density at radius 3 is 2.25 bits per heavy atom. The number of nitrogens with zero attached hydrogens (tertiary/aromatic N) is 1. The number of ether oxygens (including phenoxy) is 1. The molecule has 3 rings (SSSR count). The van der Waals surface area contributed by atoms with E-state index in [2.05, 4.69) is 21.9 Å². The highest BCUT2D eigenvalue weighted by molar-refractivity contribution is 5.95. The third kappa shape index (κ3) is 9.86. The van der Waals surface area contributed by atoms with Gasteiger partial charge in [0.05, 0.1) is 18.7 Å². The van der Waals surface area contributed by atoms with Crippen molar-refractivity contribution in [1.82, 2.24) is 20.9 Å². The summed E-state index contributed by atoms with van der Waals surface area (Å²) >= 11 is 0. The summed E-state index contributed by atoms with van der Waals surface area (Å²) in [5, 5.41) is 20.5. The zero-order valence-electron chi connectivity index (χ0n) is 23.1. The number of carbonyl (C=O) groups excluding carboxylic acids is 2. The molecule has 2 atom stereocenters. The summed E-state index contributed by atoms with van der Waals surface area (Å²) in [4.78, 5) is 27.3. The van der Waals surface area contributed by atoms with Gasteiger partial charge < -0.3 is 30.7 Å². The van der Waals surface area contributed by atoms with Crippen molar-refractivity contribution in [2.75, 3.05) is 26.7 Å². The second-order valence-electron chi connectivity index (χ2n) is 9.51. The Morgan fingerprint density at radius 2 is 1.60 bits per heavy atom. The van der Waals surface area contributed by atoms with E-state index in [4.69, 9.17) is 11.2 Å². The van der Waals surface area contributed by atoms with Crippen LogP contribution in [0.4, 0.5) is 4.79 Å². The van der Waals surface area contributed by atoms with Gasteiger partial charge in [-0.3, -0.25) is 4.79 Å². The zero-order chi connectivity index (χ0) is 28.7. The fourth-order valence-electron chi connectivity index (χ4n) is 4.05. The first-order valence-electron chi connectivity index (χ1n) is 13.4. The van der Waals surface area contributed by atoms with E-state index in [1.54, 1.807) is 19.2 Å². The molecule has 2 amide bonds. The molecule has 0 aliphatic heterocycles. The summed E-state index contributed by atoms with van der Waals surface area (Å²) in [6, 6.07) is 24.0. The van der Waals surface area contributed by atoms with Crippen LogP contribution in [0.1, 0.15) is 34.0 Å². The fraction of sp³-hybridized carbons (Fsp3) is 0.312. The Kier molecular flexibility index (Phi) is 12.2. The number of terminal acetylenes is 1. The monoisotopic (exact) mass is 542 g/mol. The Hall–Kier alpha value is -4.16. The van der Waals surface area contributed by atoms with E-state index in [-0.39, 0.29) is 18.2 Å². The van der Waals surface area contributed by atoms with Crippen LogP contribution in [0, 0.1) is 12.3 Å². The summed E-state index contributed by atoms with van der Waals surface area (Å²) in [7, 11) is 1.63. The molecule has 0 aromatic heterocycles. The molecule has 0 fully saturated rings. The SMILES string of the molecule is C#CCNCc1cc(OC(=O)N(C)CC)cc(C(=O)N[C@@H](Cc2ccccc2)[C@@H](O)CNCc2ccccc2)c1. The van der Waals surface area contributed by atoms with Gasteiger partial charge in [0.15, 0.2) is 0 Å². The van der Waals surface area contributed by atoms with Crippen molar-refractivity contribution in [1.29, 1.82) is 0 Å². The van der Waals surface area contributed by atoms with E-state index in [1.807, 2.05) is 67.6 Å². The van der Waals surface area contributed by atoms with Gasteiger partial charge in [0.25, 0.3) is 5.91 Å². The Balaban J connectivity index is 1.78. The molecule has 0 bridgehead atoms. The molecule has 8 heteroatoms. The Bertz CT molecular complexity index is 1260. The molecule has 3 aromatic rings. The summed E-state index contributed by atoms with van der Waals surface area (Å²) in [6.45, 7) is 3.94.